The summed E-state index contributed by atoms with van der Waals surface area (Å²) in [5.74, 6) is -0.0581. The highest BCUT2D eigenvalue weighted by Crippen LogP contribution is 2.27. The molecular formula is C31H31ClN4O7S. The lowest BCUT2D eigenvalue weighted by Crippen LogP contribution is -2.38. The first-order valence-corrected chi connectivity index (χ1v) is 15.2. The summed E-state index contributed by atoms with van der Waals surface area (Å²) in [5, 5.41) is 6.86. The van der Waals surface area contributed by atoms with Crippen LogP contribution in [0.3, 0.4) is 0 Å². The lowest BCUT2D eigenvalue weighted by molar-refractivity contribution is -0.139. The van der Waals surface area contributed by atoms with Crippen LogP contribution < -0.4 is 20.2 Å². The largest absolute Gasteiger partial charge is 0.493 e. The number of benzene rings is 3. The lowest BCUT2D eigenvalue weighted by atomic mass is 10.1. The van der Waals surface area contributed by atoms with Crippen molar-refractivity contribution >= 4 is 39.7 Å². The van der Waals surface area contributed by atoms with Crippen molar-refractivity contribution < 1.29 is 31.9 Å². The molecule has 0 saturated carbocycles. The molecule has 0 aliphatic heterocycles. The average Bonchev–Trinajstić information content (AvgIpc) is 3.49. The van der Waals surface area contributed by atoms with E-state index in [2.05, 4.69) is 15.8 Å². The van der Waals surface area contributed by atoms with Gasteiger partial charge in [0.2, 0.25) is 10.0 Å². The Bertz CT molecular complexity index is 1710. The van der Waals surface area contributed by atoms with Gasteiger partial charge >= 0.3 is 11.8 Å². The van der Waals surface area contributed by atoms with Gasteiger partial charge in [0.15, 0.2) is 11.5 Å². The summed E-state index contributed by atoms with van der Waals surface area (Å²) in [6.45, 7) is 0.226. The number of amides is 2. The van der Waals surface area contributed by atoms with Crippen molar-refractivity contribution in [2.24, 2.45) is 5.10 Å². The summed E-state index contributed by atoms with van der Waals surface area (Å²) in [4.78, 5) is 24.5. The molecule has 0 radical (unpaired) electrons. The van der Waals surface area contributed by atoms with Gasteiger partial charge in [0, 0.05) is 18.1 Å². The van der Waals surface area contributed by atoms with Gasteiger partial charge in [-0.2, -0.15) is 9.41 Å². The van der Waals surface area contributed by atoms with Gasteiger partial charge in [-0.15, -0.1) is 0 Å². The zero-order valence-electron chi connectivity index (χ0n) is 24.0. The minimum absolute atomic E-state index is 0.0669. The fourth-order valence-corrected chi connectivity index (χ4v) is 5.67. The summed E-state index contributed by atoms with van der Waals surface area (Å²) in [5.41, 5.74) is 3.78. The number of carbonyl (C=O) groups is 2. The maximum absolute atomic E-state index is 13.5. The van der Waals surface area contributed by atoms with E-state index in [1.54, 1.807) is 73.8 Å². The monoisotopic (exact) mass is 638 g/mol. The molecule has 3 aromatic carbocycles. The van der Waals surface area contributed by atoms with Crippen molar-refractivity contribution in [2.75, 3.05) is 20.8 Å². The van der Waals surface area contributed by atoms with E-state index in [-0.39, 0.29) is 30.3 Å². The number of hydrazone groups is 1. The molecule has 13 heteroatoms. The summed E-state index contributed by atoms with van der Waals surface area (Å²) in [6.07, 6.45) is 1.68. The maximum Gasteiger partial charge on any atom is 0.329 e. The van der Waals surface area contributed by atoms with Crippen LogP contribution in [0.15, 0.2) is 99.3 Å². The van der Waals surface area contributed by atoms with E-state index >= 15 is 0 Å². The van der Waals surface area contributed by atoms with Gasteiger partial charge in [-0.3, -0.25) is 9.59 Å². The van der Waals surface area contributed by atoms with E-state index in [0.717, 1.165) is 11.1 Å². The minimum atomic E-state index is -3.88. The van der Waals surface area contributed by atoms with Gasteiger partial charge in [-0.05, 0) is 66.1 Å². The molecule has 1 aromatic heterocycles. The molecule has 0 spiro atoms. The number of nitrogens with zero attached hydrogens (tertiary/aromatic N) is 2. The van der Waals surface area contributed by atoms with E-state index in [9.17, 15) is 18.0 Å². The quantitative estimate of drug-likeness (QED) is 0.127. The summed E-state index contributed by atoms with van der Waals surface area (Å²) >= 11 is 5.99. The number of nitrogens with one attached hydrogen (secondary N) is 2. The number of hydrogen-bond acceptors (Lipinski definition) is 8. The maximum atomic E-state index is 13.5. The second-order valence-corrected chi connectivity index (χ2v) is 11.8. The number of furan rings is 1. The normalized spacial score (nSPS) is 11.5. The molecule has 2 N–H and O–H groups in total. The molecule has 0 fully saturated rings. The number of rotatable bonds is 13. The molecule has 0 bridgehead atoms. The van der Waals surface area contributed by atoms with Crippen LogP contribution in [0.5, 0.6) is 11.5 Å². The molecule has 1 heterocycles. The number of hydrogen-bond donors (Lipinski definition) is 2. The van der Waals surface area contributed by atoms with Crippen LogP contribution in [0.2, 0.25) is 5.02 Å². The molecule has 0 aliphatic carbocycles. The molecule has 4 rings (SSSR count). The Balaban J connectivity index is 1.33. The Hall–Kier alpha value is -4.65. The van der Waals surface area contributed by atoms with Crippen LogP contribution in [0.25, 0.3) is 0 Å². The first-order valence-electron chi connectivity index (χ1n) is 13.4. The highest BCUT2D eigenvalue weighted by atomic mass is 35.5. The molecule has 0 aliphatic rings. The van der Waals surface area contributed by atoms with Crippen LogP contribution >= 0.6 is 11.6 Å². The van der Waals surface area contributed by atoms with Gasteiger partial charge in [0.05, 0.1) is 31.9 Å². The Morgan fingerprint density at radius 1 is 0.886 bits per heavy atom. The SMILES string of the molecule is COc1ccc(CCNC(=O)C(=O)N/N=C/c2ccc(CN(Cc3ccc(Cl)cc3)S(=O)(=O)c3ccccc3)o2)cc1OC. The second kappa shape index (κ2) is 15.2. The van der Waals surface area contributed by atoms with Crippen LogP contribution in [-0.4, -0.2) is 51.5 Å². The number of ether oxygens (including phenoxy) is 2. The van der Waals surface area contributed by atoms with Crippen LogP contribution in [0, 0.1) is 0 Å². The smallest absolute Gasteiger partial charge is 0.329 e. The Morgan fingerprint density at radius 2 is 1.59 bits per heavy atom. The fourth-order valence-electron chi connectivity index (χ4n) is 4.13. The highest BCUT2D eigenvalue weighted by Gasteiger charge is 2.26. The topological polar surface area (TPSA) is 140 Å². The Morgan fingerprint density at radius 3 is 2.30 bits per heavy atom. The Kier molecular flexibility index (Phi) is 11.1. The van der Waals surface area contributed by atoms with E-state index in [0.29, 0.717) is 28.7 Å². The van der Waals surface area contributed by atoms with E-state index in [4.69, 9.17) is 25.5 Å². The molecule has 4 aromatic rings. The van der Waals surface area contributed by atoms with Crippen LogP contribution in [0.1, 0.15) is 22.6 Å². The molecule has 2 amide bonds. The first kappa shape index (κ1) is 32.3. The third kappa shape index (κ3) is 8.69. The minimum Gasteiger partial charge on any atom is -0.493 e. The van der Waals surface area contributed by atoms with Gasteiger partial charge in [-0.25, -0.2) is 13.8 Å². The first-order chi connectivity index (χ1) is 21.2. The van der Waals surface area contributed by atoms with Gasteiger partial charge in [0.25, 0.3) is 0 Å². The molecule has 230 valence electrons. The third-order valence-corrected chi connectivity index (χ3v) is 8.44. The average molecular weight is 639 g/mol. The van der Waals surface area contributed by atoms with Crippen molar-refractivity contribution in [2.45, 2.75) is 24.4 Å². The third-order valence-electron chi connectivity index (χ3n) is 6.38. The number of halogens is 1. The predicted molar refractivity (Wildman–Crippen MR) is 165 cm³/mol. The van der Waals surface area contributed by atoms with Gasteiger partial charge < -0.3 is 19.2 Å². The van der Waals surface area contributed by atoms with Crippen LogP contribution in [-0.2, 0) is 39.1 Å². The zero-order chi connectivity index (χ0) is 31.5. The molecule has 11 nitrogen and oxygen atoms in total. The van der Waals surface area contributed by atoms with Crippen molar-refractivity contribution in [1.29, 1.82) is 0 Å². The van der Waals surface area contributed by atoms with E-state index in [1.807, 2.05) is 6.07 Å². The summed E-state index contributed by atoms with van der Waals surface area (Å²) in [6, 6.07) is 23.6. The molecule has 0 unspecified atom stereocenters. The van der Waals surface area contributed by atoms with Crippen molar-refractivity contribution in [1.82, 2.24) is 15.0 Å². The number of carbonyl (C=O) groups excluding carboxylic acids is 2. The molecular weight excluding hydrogens is 608 g/mol. The molecule has 44 heavy (non-hydrogen) atoms. The van der Waals surface area contributed by atoms with Crippen molar-refractivity contribution in [3.8, 4) is 11.5 Å². The van der Waals surface area contributed by atoms with E-state index < -0.39 is 21.8 Å². The molecule has 0 saturated heterocycles. The lowest BCUT2D eigenvalue weighted by Gasteiger charge is -2.21. The predicted octanol–water partition coefficient (Wildman–Crippen LogP) is 4.15. The van der Waals surface area contributed by atoms with Gasteiger partial charge in [0.1, 0.15) is 11.5 Å². The standard InChI is InChI=1S/C31H31ClN4O7S/c1-41-28-15-10-22(18-29(28)42-2)16-17-33-30(37)31(38)35-34-19-25-13-14-26(43-25)21-36(20-23-8-11-24(32)12-9-23)44(39,40)27-6-4-3-5-7-27/h3-15,18-19H,16-17,20-21H2,1-2H3,(H,33,37)(H,35,38)/b34-19+. The van der Waals surface area contributed by atoms with Crippen molar-refractivity contribution in [3.05, 3.63) is 113 Å². The van der Waals surface area contributed by atoms with Gasteiger partial charge in [-0.1, -0.05) is 48.0 Å². The van der Waals surface area contributed by atoms with Crippen LogP contribution in [0.4, 0.5) is 0 Å². The van der Waals surface area contributed by atoms with E-state index in [1.165, 1.54) is 29.8 Å². The Labute approximate surface area is 260 Å². The second-order valence-electron chi connectivity index (χ2n) is 9.41. The summed E-state index contributed by atoms with van der Waals surface area (Å²) in [7, 11) is -0.798. The number of sulfonamides is 1. The van der Waals surface area contributed by atoms with Crippen molar-refractivity contribution in [3.63, 3.8) is 0 Å². The summed E-state index contributed by atoms with van der Waals surface area (Å²) < 4.78 is 44.5. The fraction of sp³-hybridized carbons (Fsp3) is 0.194. The number of methoxy groups -OCH3 is 2. The highest BCUT2D eigenvalue weighted by molar-refractivity contribution is 7.89. The zero-order valence-corrected chi connectivity index (χ0v) is 25.6. The molecule has 0 atom stereocenters.